The van der Waals surface area contributed by atoms with Gasteiger partial charge in [0.1, 0.15) is 0 Å². The van der Waals surface area contributed by atoms with E-state index in [1.54, 1.807) is 17.0 Å². The van der Waals surface area contributed by atoms with E-state index in [0.717, 1.165) is 12.8 Å². The highest BCUT2D eigenvalue weighted by Gasteiger charge is 2.25. The van der Waals surface area contributed by atoms with Crippen molar-refractivity contribution in [1.82, 2.24) is 9.55 Å². The van der Waals surface area contributed by atoms with Crippen molar-refractivity contribution >= 4 is 11.8 Å². The molecule has 1 heterocycles. The van der Waals surface area contributed by atoms with E-state index in [4.69, 9.17) is 5.11 Å². The first-order chi connectivity index (χ1) is 7.22. The molecule has 1 saturated carbocycles. The number of aromatic nitrogens is 2. The van der Waals surface area contributed by atoms with Gasteiger partial charge in [0.2, 0.25) is 0 Å². The second-order valence-corrected chi connectivity index (χ2v) is 5.21. The van der Waals surface area contributed by atoms with Crippen LogP contribution >= 0.6 is 11.8 Å². The van der Waals surface area contributed by atoms with Crippen LogP contribution in [-0.2, 0) is 0 Å². The van der Waals surface area contributed by atoms with Crippen molar-refractivity contribution in [3.8, 4) is 0 Å². The van der Waals surface area contributed by atoms with Gasteiger partial charge < -0.3 is 9.67 Å². The summed E-state index contributed by atoms with van der Waals surface area (Å²) in [5.74, 6) is 0. The summed E-state index contributed by atoms with van der Waals surface area (Å²) < 4.78 is 1.75. The molecule has 1 aliphatic rings. The fourth-order valence-electron chi connectivity index (χ4n) is 1.36. The number of rotatable bonds is 4. The number of aliphatic hydroxyl groups excluding tert-OH is 1. The third-order valence-electron chi connectivity index (χ3n) is 2.35. The first-order valence-electron chi connectivity index (χ1n) is 5.07. The first-order valence-corrected chi connectivity index (χ1v) is 5.95. The summed E-state index contributed by atoms with van der Waals surface area (Å²) >= 11 is 1.34. The molecule has 1 aromatic heterocycles. The van der Waals surface area contributed by atoms with E-state index in [-0.39, 0.29) is 17.4 Å². The van der Waals surface area contributed by atoms with Gasteiger partial charge >= 0.3 is 0 Å². The lowest BCUT2D eigenvalue weighted by molar-refractivity contribution is 0.300. The average Bonchev–Trinajstić information content (AvgIpc) is 3.04. The SMILES string of the molecule is CC(CO)Sc1nccn(C2CC2)c1=O. The summed E-state index contributed by atoms with van der Waals surface area (Å²) in [6.45, 7) is 1.93. The summed E-state index contributed by atoms with van der Waals surface area (Å²) in [5, 5.41) is 9.43. The van der Waals surface area contributed by atoms with Crippen LogP contribution in [0.5, 0.6) is 0 Å². The van der Waals surface area contributed by atoms with Crippen molar-refractivity contribution in [2.24, 2.45) is 0 Å². The molecule has 5 heteroatoms. The molecule has 2 rings (SSSR count). The van der Waals surface area contributed by atoms with Crippen molar-refractivity contribution in [2.45, 2.75) is 36.1 Å². The Labute approximate surface area is 92.3 Å². The molecule has 1 unspecified atom stereocenters. The van der Waals surface area contributed by atoms with Crippen LogP contribution in [0, 0.1) is 0 Å². The number of hydrogen-bond donors (Lipinski definition) is 1. The van der Waals surface area contributed by atoms with Crippen LogP contribution in [0.3, 0.4) is 0 Å². The summed E-state index contributed by atoms with van der Waals surface area (Å²) in [5.41, 5.74) is -0.0229. The fourth-order valence-corrected chi connectivity index (χ4v) is 2.14. The Kier molecular flexibility index (Phi) is 3.11. The van der Waals surface area contributed by atoms with Crippen molar-refractivity contribution < 1.29 is 5.11 Å². The molecular formula is C10H14N2O2S. The lowest BCUT2D eigenvalue weighted by Gasteiger charge is -2.08. The molecular weight excluding hydrogens is 212 g/mol. The minimum absolute atomic E-state index is 0.0141. The Morgan fingerprint density at radius 1 is 1.73 bits per heavy atom. The van der Waals surface area contributed by atoms with E-state index in [1.165, 1.54) is 11.8 Å². The molecule has 1 aromatic rings. The maximum atomic E-state index is 11.9. The van der Waals surface area contributed by atoms with Crippen molar-refractivity contribution in [3.05, 3.63) is 22.7 Å². The molecule has 4 nitrogen and oxygen atoms in total. The number of nitrogens with zero attached hydrogens (tertiary/aromatic N) is 2. The Bertz CT molecular complexity index is 401. The predicted octanol–water partition coefficient (Wildman–Crippen LogP) is 1.05. The Hall–Kier alpha value is -0.810. The highest BCUT2D eigenvalue weighted by molar-refractivity contribution is 7.99. The van der Waals surface area contributed by atoms with Crippen LogP contribution < -0.4 is 5.56 Å². The van der Waals surface area contributed by atoms with Crippen LogP contribution in [0.15, 0.2) is 22.2 Å². The first kappa shape index (κ1) is 10.7. The summed E-state index contributed by atoms with van der Waals surface area (Å²) in [7, 11) is 0. The van der Waals surface area contributed by atoms with Crippen LogP contribution in [0.2, 0.25) is 0 Å². The second kappa shape index (κ2) is 4.37. The average molecular weight is 226 g/mol. The minimum Gasteiger partial charge on any atom is -0.395 e. The van der Waals surface area contributed by atoms with Gasteiger partial charge in [-0.25, -0.2) is 4.98 Å². The molecule has 0 aliphatic heterocycles. The minimum atomic E-state index is -0.0229. The van der Waals surface area contributed by atoms with Crippen LogP contribution in [0.1, 0.15) is 25.8 Å². The molecule has 0 spiro atoms. The maximum Gasteiger partial charge on any atom is 0.283 e. The molecule has 15 heavy (non-hydrogen) atoms. The van der Waals surface area contributed by atoms with Gasteiger partial charge in [0, 0.05) is 23.7 Å². The largest absolute Gasteiger partial charge is 0.395 e. The third kappa shape index (κ3) is 2.41. The quantitative estimate of drug-likeness (QED) is 0.780. The molecule has 1 aliphatic carbocycles. The van der Waals surface area contributed by atoms with E-state index in [1.807, 2.05) is 6.92 Å². The van der Waals surface area contributed by atoms with Gasteiger partial charge in [-0.1, -0.05) is 18.7 Å². The van der Waals surface area contributed by atoms with E-state index in [0.29, 0.717) is 11.1 Å². The Morgan fingerprint density at radius 2 is 2.47 bits per heavy atom. The maximum absolute atomic E-state index is 11.9. The monoisotopic (exact) mass is 226 g/mol. The molecule has 0 aromatic carbocycles. The molecule has 0 radical (unpaired) electrons. The van der Waals surface area contributed by atoms with Crippen molar-refractivity contribution in [3.63, 3.8) is 0 Å². The molecule has 0 amide bonds. The van der Waals surface area contributed by atoms with Gasteiger partial charge in [-0.2, -0.15) is 0 Å². The topological polar surface area (TPSA) is 55.1 Å². The van der Waals surface area contributed by atoms with E-state index in [2.05, 4.69) is 4.98 Å². The van der Waals surface area contributed by atoms with E-state index >= 15 is 0 Å². The van der Waals surface area contributed by atoms with Crippen LogP contribution in [0.4, 0.5) is 0 Å². The molecule has 0 bridgehead atoms. The van der Waals surface area contributed by atoms with Gasteiger partial charge in [-0.3, -0.25) is 4.79 Å². The van der Waals surface area contributed by atoms with Gasteiger partial charge in [-0.15, -0.1) is 0 Å². The van der Waals surface area contributed by atoms with Gasteiger partial charge in [0.05, 0.1) is 6.61 Å². The third-order valence-corrected chi connectivity index (χ3v) is 3.40. The molecule has 0 saturated heterocycles. The molecule has 1 fully saturated rings. The van der Waals surface area contributed by atoms with E-state index < -0.39 is 0 Å². The van der Waals surface area contributed by atoms with Gasteiger partial charge in [-0.05, 0) is 12.8 Å². The fraction of sp³-hybridized carbons (Fsp3) is 0.600. The lowest BCUT2D eigenvalue weighted by atomic mass is 10.5. The zero-order valence-corrected chi connectivity index (χ0v) is 9.41. The van der Waals surface area contributed by atoms with E-state index in [9.17, 15) is 4.79 Å². The molecule has 1 atom stereocenters. The van der Waals surface area contributed by atoms with Crippen LogP contribution in [-0.4, -0.2) is 26.5 Å². The summed E-state index contributed by atoms with van der Waals surface area (Å²) in [6, 6.07) is 0.379. The Morgan fingerprint density at radius 3 is 3.07 bits per heavy atom. The summed E-state index contributed by atoms with van der Waals surface area (Å²) in [6.07, 6.45) is 5.58. The summed E-state index contributed by atoms with van der Waals surface area (Å²) in [4.78, 5) is 16.0. The smallest absolute Gasteiger partial charge is 0.283 e. The highest BCUT2D eigenvalue weighted by atomic mass is 32.2. The highest BCUT2D eigenvalue weighted by Crippen LogP contribution is 2.33. The van der Waals surface area contributed by atoms with Gasteiger partial charge in [0.25, 0.3) is 5.56 Å². The number of aliphatic hydroxyl groups is 1. The lowest BCUT2D eigenvalue weighted by Crippen LogP contribution is -2.22. The second-order valence-electron chi connectivity index (χ2n) is 3.79. The van der Waals surface area contributed by atoms with Crippen molar-refractivity contribution in [1.29, 1.82) is 0 Å². The van der Waals surface area contributed by atoms with Gasteiger partial charge in [0.15, 0.2) is 5.03 Å². The number of hydrogen-bond acceptors (Lipinski definition) is 4. The zero-order valence-electron chi connectivity index (χ0n) is 8.59. The predicted molar refractivity (Wildman–Crippen MR) is 59.2 cm³/mol. The molecule has 82 valence electrons. The van der Waals surface area contributed by atoms with Crippen LogP contribution in [0.25, 0.3) is 0 Å². The number of thioether (sulfide) groups is 1. The standard InChI is InChI=1S/C10H14N2O2S/c1-7(6-13)15-9-10(14)12(5-4-11-9)8-2-3-8/h4-5,7-8,13H,2-3,6H2,1H3. The molecule has 1 N–H and O–H groups in total. The van der Waals surface area contributed by atoms with Crippen molar-refractivity contribution in [2.75, 3.05) is 6.61 Å². The zero-order chi connectivity index (χ0) is 10.8. The Balaban J connectivity index is 2.24. The normalized spacial score (nSPS) is 17.7.